The molecule has 2 rings (SSSR count). The molecule has 0 aliphatic rings. The number of aromatic nitrogens is 1. The van der Waals surface area contributed by atoms with E-state index in [2.05, 4.69) is 11.1 Å². The fourth-order valence-electron chi connectivity index (χ4n) is 1.44. The van der Waals surface area contributed by atoms with E-state index in [1.807, 2.05) is 26.0 Å². The Balaban J connectivity index is 2.30. The molecule has 0 amide bonds. The zero-order valence-electron chi connectivity index (χ0n) is 9.40. The number of rotatable bonds is 2. The summed E-state index contributed by atoms with van der Waals surface area (Å²) >= 11 is 0. The number of nitrogens with zero attached hydrogens (tertiary/aromatic N) is 1. The van der Waals surface area contributed by atoms with Crippen LogP contribution >= 0.6 is 0 Å². The van der Waals surface area contributed by atoms with Gasteiger partial charge in [-0.1, -0.05) is 12.1 Å². The first-order valence-corrected chi connectivity index (χ1v) is 5.11. The van der Waals surface area contributed by atoms with Crippen molar-refractivity contribution in [2.45, 2.75) is 13.8 Å². The molecule has 0 saturated heterocycles. The van der Waals surface area contributed by atoms with Crippen molar-refractivity contribution in [1.29, 1.82) is 0 Å². The molecule has 82 valence electrons. The summed E-state index contributed by atoms with van der Waals surface area (Å²) in [6.07, 6.45) is 3.24. The van der Waals surface area contributed by atoms with E-state index in [1.54, 1.807) is 18.5 Å². The van der Waals surface area contributed by atoms with Crippen molar-refractivity contribution < 1.29 is 4.74 Å². The van der Waals surface area contributed by atoms with Crippen molar-refractivity contribution in [2.24, 2.45) is 0 Å². The van der Waals surface area contributed by atoms with Crippen LogP contribution in [-0.4, -0.2) is 4.98 Å². The van der Waals surface area contributed by atoms with Gasteiger partial charge in [0.25, 0.3) is 0 Å². The summed E-state index contributed by atoms with van der Waals surface area (Å²) in [5.74, 6) is 1.50. The number of anilines is 1. The molecule has 16 heavy (non-hydrogen) atoms. The minimum atomic E-state index is 0.600. The topological polar surface area (TPSA) is 48.1 Å². The van der Waals surface area contributed by atoms with Crippen molar-refractivity contribution in [2.75, 3.05) is 5.73 Å². The van der Waals surface area contributed by atoms with E-state index in [-0.39, 0.29) is 0 Å². The molecule has 0 radical (unpaired) electrons. The normalized spacial score (nSPS) is 10.1. The third-order valence-electron chi connectivity index (χ3n) is 2.31. The van der Waals surface area contributed by atoms with E-state index in [1.165, 1.54) is 0 Å². The SMILES string of the molecule is Cc1ccc(C)c(Oc2cncc(N)c2)c1. The van der Waals surface area contributed by atoms with Gasteiger partial charge in [-0.15, -0.1) is 0 Å². The molecule has 0 saturated carbocycles. The fourth-order valence-corrected chi connectivity index (χ4v) is 1.44. The number of aryl methyl sites for hydroxylation is 2. The standard InChI is InChI=1S/C13H14N2O/c1-9-3-4-10(2)13(5-9)16-12-6-11(14)7-15-8-12/h3-8H,14H2,1-2H3. The van der Waals surface area contributed by atoms with Gasteiger partial charge in [0.15, 0.2) is 0 Å². The highest BCUT2D eigenvalue weighted by Crippen LogP contribution is 2.26. The molecule has 1 aromatic heterocycles. The van der Waals surface area contributed by atoms with Crippen LogP contribution in [0.3, 0.4) is 0 Å². The molecule has 3 nitrogen and oxygen atoms in total. The summed E-state index contributed by atoms with van der Waals surface area (Å²) in [5.41, 5.74) is 8.49. The lowest BCUT2D eigenvalue weighted by atomic mass is 10.1. The summed E-state index contributed by atoms with van der Waals surface area (Å²) in [7, 11) is 0. The van der Waals surface area contributed by atoms with E-state index >= 15 is 0 Å². The monoisotopic (exact) mass is 214 g/mol. The largest absolute Gasteiger partial charge is 0.455 e. The summed E-state index contributed by atoms with van der Waals surface area (Å²) in [6, 6.07) is 7.84. The van der Waals surface area contributed by atoms with Crippen LogP contribution in [0, 0.1) is 13.8 Å². The van der Waals surface area contributed by atoms with Crippen LogP contribution < -0.4 is 10.5 Å². The number of ether oxygens (including phenoxy) is 1. The average molecular weight is 214 g/mol. The number of benzene rings is 1. The van der Waals surface area contributed by atoms with Gasteiger partial charge in [-0.2, -0.15) is 0 Å². The van der Waals surface area contributed by atoms with Gasteiger partial charge in [0, 0.05) is 6.07 Å². The predicted molar refractivity (Wildman–Crippen MR) is 64.6 cm³/mol. The first-order chi connectivity index (χ1) is 7.65. The van der Waals surface area contributed by atoms with Crippen molar-refractivity contribution >= 4 is 5.69 Å². The molecule has 2 N–H and O–H groups in total. The molecule has 0 aliphatic heterocycles. The van der Waals surface area contributed by atoms with Gasteiger partial charge in [-0.25, -0.2) is 0 Å². The fraction of sp³-hybridized carbons (Fsp3) is 0.154. The second kappa shape index (κ2) is 4.23. The van der Waals surface area contributed by atoms with E-state index in [0.29, 0.717) is 11.4 Å². The molecular weight excluding hydrogens is 200 g/mol. The predicted octanol–water partition coefficient (Wildman–Crippen LogP) is 3.07. The Hall–Kier alpha value is -2.03. The number of hydrogen-bond acceptors (Lipinski definition) is 3. The molecule has 0 fully saturated rings. The Bertz CT molecular complexity index is 509. The lowest BCUT2D eigenvalue weighted by Gasteiger charge is -2.09. The molecule has 2 aromatic rings. The van der Waals surface area contributed by atoms with Crippen molar-refractivity contribution in [3.05, 3.63) is 47.8 Å². The van der Waals surface area contributed by atoms with Crippen molar-refractivity contribution in [3.8, 4) is 11.5 Å². The third kappa shape index (κ3) is 2.31. The van der Waals surface area contributed by atoms with Crippen LogP contribution in [0.4, 0.5) is 5.69 Å². The maximum Gasteiger partial charge on any atom is 0.147 e. The average Bonchev–Trinajstić information content (AvgIpc) is 2.24. The molecular formula is C13H14N2O. The first-order valence-electron chi connectivity index (χ1n) is 5.11. The maximum absolute atomic E-state index is 5.73. The second-order valence-electron chi connectivity index (χ2n) is 3.82. The molecule has 0 unspecified atom stereocenters. The molecule has 3 heteroatoms. The van der Waals surface area contributed by atoms with Gasteiger partial charge in [-0.3, -0.25) is 4.98 Å². The highest BCUT2D eigenvalue weighted by atomic mass is 16.5. The Morgan fingerprint density at radius 1 is 1.12 bits per heavy atom. The summed E-state index contributed by atoms with van der Waals surface area (Å²) in [6.45, 7) is 4.04. The van der Waals surface area contributed by atoms with E-state index < -0.39 is 0 Å². The van der Waals surface area contributed by atoms with E-state index in [0.717, 1.165) is 16.9 Å². The van der Waals surface area contributed by atoms with Crippen molar-refractivity contribution in [1.82, 2.24) is 4.98 Å². The van der Waals surface area contributed by atoms with Crippen LogP contribution in [-0.2, 0) is 0 Å². The Labute approximate surface area is 94.9 Å². The van der Waals surface area contributed by atoms with Gasteiger partial charge < -0.3 is 10.5 Å². The van der Waals surface area contributed by atoms with Gasteiger partial charge in [0.2, 0.25) is 0 Å². The first kappa shape index (κ1) is 10.5. The molecule has 0 bridgehead atoms. The molecule has 0 aliphatic carbocycles. The summed E-state index contributed by atoms with van der Waals surface area (Å²) < 4.78 is 5.73. The quantitative estimate of drug-likeness (QED) is 0.835. The zero-order valence-corrected chi connectivity index (χ0v) is 9.40. The number of pyridine rings is 1. The molecule has 0 atom stereocenters. The highest BCUT2D eigenvalue weighted by molar-refractivity contribution is 5.44. The van der Waals surface area contributed by atoms with Crippen LogP contribution in [0.25, 0.3) is 0 Å². The Morgan fingerprint density at radius 3 is 2.69 bits per heavy atom. The van der Waals surface area contributed by atoms with E-state index in [9.17, 15) is 0 Å². The van der Waals surface area contributed by atoms with E-state index in [4.69, 9.17) is 10.5 Å². The molecule has 1 heterocycles. The highest BCUT2D eigenvalue weighted by Gasteiger charge is 2.02. The van der Waals surface area contributed by atoms with Crippen LogP contribution in [0.1, 0.15) is 11.1 Å². The van der Waals surface area contributed by atoms with Gasteiger partial charge in [-0.05, 0) is 31.0 Å². The number of nitrogens with two attached hydrogens (primary N) is 1. The summed E-state index contributed by atoms with van der Waals surface area (Å²) in [4.78, 5) is 3.98. The minimum absolute atomic E-state index is 0.600. The van der Waals surface area contributed by atoms with Crippen molar-refractivity contribution in [3.63, 3.8) is 0 Å². The maximum atomic E-state index is 5.73. The van der Waals surface area contributed by atoms with Gasteiger partial charge >= 0.3 is 0 Å². The lowest BCUT2D eigenvalue weighted by Crippen LogP contribution is -1.91. The van der Waals surface area contributed by atoms with Gasteiger partial charge in [0.05, 0.1) is 18.1 Å². The Morgan fingerprint density at radius 2 is 1.94 bits per heavy atom. The minimum Gasteiger partial charge on any atom is -0.455 e. The Kier molecular flexibility index (Phi) is 2.77. The van der Waals surface area contributed by atoms with Crippen LogP contribution in [0.2, 0.25) is 0 Å². The second-order valence-corrected chi connectivity index (χ2v) is 3.82. The van der Waals surface area contributed by atoms with Crippen LogP contribution in [0.15, 0.2) is 36.7 Å². The number of nitrogen functional groups attached to an aromatic ring is 1. The zero-order chi connectivity index (χ0) is 11.5. The molecule has 1 aromatic carbocycles. The number of hydrogen-bond donors (Lipinski definition) is 1. The third-order valence-corrected chi connectivity index (χ3v) is 2.31. The lowest BCUT2D eigenvalue weighted by molar-refractivity contribution is 0.476. The molecule has 0 spiro atoms. The van der Waals surface area contributed by atoms with Crippen LogP contribution in [0.5, 0.6) is 11.5 Å². The summed E-state index contributed by atoms with van der Waals surface area (Å²) in [5, 5.41) is 0. The van der Waals surface area contributed by atoms with Gasteiger partial charge in [0.1, 0.15) is 11.5 Å². The smallest absolute Gasteiger partial charge is 0.147 e.